The lowest BCUT2D eigenvalue weighted by Crippen LogP contribution is -2.29. The summed E-state index contributed by atoms with van der Waals surface area (Å²) in [5.41, 5.74) is 4.75. The Bertz CT molecular complexity index is 1530. The Balaban J connectivity index is 1.37. The first-order valence-electron chi connectivity index (χ1n) is 11.7. The molecule has 4 aromatic heterocycles. The van der Waals surface area contributed by atoms with Crippen molar-refractivity contribution in [3.63, 3.8) is 0 Å². The van der Waals surface area contributed by atoms with E-state index in [9.17, 15) is 4.79 Å². The highest BCUT2D eigenvalue weighted by atomic mass is 16.1. The van der Waals surface area contributed by atoms with E-state index < -0.39 is 0 Å². The van der Waals surface area contributed by atoms with Gasteiger partial charge in [0, 0.05) is 36.0 Å². The quantitative estimate of drug-likeness (QED) is 0.412. The molecule has 5 aromatic rings. The number of hydrogen-bond acceptors (Lipinski definition) is 5. The van der Waals surface area contributed by atoms with E-state index in [-0.39, 0.29) is 5.56 Å². The van der Waals surface area contributed by atoms with E-state index in [0.717, 1.165) is 41.1 Å². The van der Waals surface area contributed by atoms with Crippen LogP contribution in [0.3, 0.4) is 0 Å². The summed E-state index contributed by atoms with van der Waals surface area (Å²) < 4.78 is 1.97. The molecule has 7 heteroatoms. The van der Waals surface area contributed by atoms with Gasteiger partial charge in [-0.05, 0) is 86.2 Å². The van der Waals surface area contributed by atoms with Crippen LogP contribution >= 0.6 is 0 Å². The molecule has 0 spiro atoms. The Morgan fingerprint density at radius 2 is 1.88 bits per heavy atom. The average Bonchev–Trinajstić information content (AvgIpc) is 3.33. The number of aromatic amines is 1. The van der Waals surface area contributed by atoms with Gasteiger partial charge < -0.3 is 19.6 Å². The van der Waals surface area contributed by atoms with Crippen LogP contribution in [-0.2, 0) is 0 Å². The number of nitrogens with zero attached hydrogens (tertiary/aromatic N) is 4. The molecule has 0 atom stereocenters. The van der Waals surface area contributed by atoms with Gasteiger partial charge in [0.25, 0.3) is 5.56 Å². The van der Waals surface area contributed by atoms with Crippen LogP contribution in [0.25, 0.3) is 27.7 Å². The minimum atomic E-state index is -0.160. The second-order valence-corrected chi connectivity index (χ2v) is 9.06. The summed E-state index contributed by atoms with van der Waals surface area (Å²) in [7, 11) is 2.18. The molecule has 2 N–H and O–H groups in total. The second-order valence-electron chi connectivity index (χ2n) is 9.06. The van der Waals surface area contributed by atoms with Gasteiger partial charge in [-0.15, -0.1) is 0 Å². The predicted molar refractivity (Wildman–Crippen MR) is 136 cm³/mol. The van der Waals surface area contributed by atoms with E-state index in [1.165, 1.54) is 18.4 Å². The number of H-pyrrole nitrogens is 1. The monoisotopic (exact) mass is 450 g/mol. The standard InChI is InChI=1S/C27H26N6O/c1-32-13-9-19(10-14-32)18-2-5-22(6-3-18)30-26-25-20(8-11-29-27(25)34)16-23(31-26)21-4-7-24-28-12-15-33(24)17-21/h2-8,11-12,15-17,19H,9-10,13-14H2,1H3,(H,29,34)(H,30,31). The third-order valence-corrected chi connectivity index (χ3v) is 6.80. The van der Waals surface area contributed by atoms with Gasteiger partial charge >= 0.3 is 0 Å². The lowest BCUT2D eigenvalue weighted by atomic mass is 9.89. The van der Waals surface area contributed by atoms with Crippen molar-refractivity contribution in [2.75, 3.05) is 25.5 Å². The molecule has 170 valence electrons. The molecule has 1 aliphatic rings. The van der Waals surface area contributed by atoms with Crippen LogP contribution in [0.2, 0.25) is 0 Å². The van der Waals surface area contributed by atoms with Crippen LogP contribution in [0.4, 0.5) is 11.5 Å². The maximum absolute atomic E-state index is 12.7. The number of piperidine rings is 1. The number of nitrogens with one attached hydrogen (secondary N) is 2. The topological polar surface area (TPSA) is 78.3 Å². The Kier molecular flexibility index (Phi) is 5.11. The molecule has 0 saturated carbocycles. The molecule has 1 saturated heterocycles. The maximum atomic E-state index is 12.7. The van der Waals surface area contributed by atoms with E-state index in [2.05, 4.69) is 51.5 Å². The number of imidazole rings is 1. The van der Waals surface area contributed by atoms with Crippen LogP contribution in [0.15, 0.2) is 78.1 Å². The van der Waals surface area contributed by atoms with Gasteiger partial charge in [0.1, 0.15) is 11.5 Å². The minimum absolute atomic E-state index is 0.160. The van der Waals surface area contributed by atoms with Crippen LogP contribution in [-0.4, -0.2) is 44.4 Å². The summed E-state index contributed by atoms with van der Waals surface area (Å²) in [5, 5.41) is 4.80. The molecular formula is C27H26N6O. The van der Waals surface area contributed by atoms with E-state index in [4.69, 9.17) is 4.98 Å². The van der Waals surface area contributed by atoms with E-state index in [0.29, 0.717) is 17.1 Å². The van der Waals surface area contributed by atoms with E-state index in [1.807, 2.05) is 41.1 Å². The first-order chi connectivity index (χ1) is 16.6. The number of likely N-dealkylation sites (tertiary alicyclic amines) is 1. The summed E-state index contributed by atoms with van der Waals surface area (Å²) in [5.74, 6) is 1.15. The SMILES string of the molecule is CN1CCC(c2ccc(Nc3nc(-c4ccc5nccn5c4)cc4cc[nH]c(=O)c34)cc2)CC1. The fourth-order valence-electron chi connectivity index (χ4n) is 4.84. The van der Waals surface area contributed by atoms with Crippen molar-refractivity contribution in [2.45, 2.75) is 18.8 Å². The highest BCUT2D eigenvalue weighted by Gasteiger charge is 2.18. The number of rotatable bonds is 4. The van der Waals surface area contributed by atoms with Gasteiger partial charge in [-0.2, -0.15) is 0 Å². The highest BCUT2D eigenvalue weighted by molar-refractivity contribution is 5.95. The predicted octanol–water partition coefficient (Wildman–Crippen LogP) is 4.79. The van der Waals surface area contributed by atoms with Crippen molar-refractivity contribution < 1.29 is 0 Å². The first kappa shape index (κ1) is 20.6. The number of fused-ring (bicyclic) bond motifs is 2. The average molecular weight is 451 g/mol. The summed E-state index contributed by atoms with van der Waals surface area (Å²) in [6.45, 7) is 2.28. The molecule has 1 aromatic carbocycles. The molecule has 0 aliphatic carbocycles. The fourth-order valence-corrected chi connectivity index (χ4v) is 4.84. The van der Waals surface area contributed by atoms with Crippen LogP contribution in [0.1, 0.15) is 24.3 Å². The minimum Gasteiger partial charge on any atom is -0.340 e. The van der Waals surface area contributed by atoms with Gasteiger partial charge in [-0.3, -0.25) is 4.79 Å². The van der Waals surface area contributed by atoms with E-state index in [1.54, 1.807) is 12.4 Å². The number of aromatic nitrogens is 4. The molecule has 5 heterocycles. The Hall–Kier alpha value is -3.97. The van der Waals surface area contributed by atoms with Crippen LogP contribution in [0, 0.1) is 0 Å². The van der Waals surface area contributed by atoms with Gasteiger partial charge in [-0.25, -0.2) is 9.97 Å². The third kappa shape index (κ3) is 3.84. The van der Waals surface area contributed by atoms with Gasteiger partial charge in [-0.1, -0.05) is 12.1 Å². The lowest BCUT2D eigenvalue weighted by Gasteiger charge is -2.29. The van der Waals surface area contributed by atoms with Gasteiger partial charge in [0.15, 0.2) is 0 Å². The number of anilines is 2. The van der Waals surface area contributed by atoms with Crippen molar-refractivity contribution in [1.29, 1.82) is 0 Å². The number of benzene rings is 1. The molecule has 34 heavy (non-hydrogen) atoms. The van der Waals surface area contributed by atoms with Crippen molar-refractivity contribution in [1.82, 2.24) is 24.3 Å². The van der Waals surface area contributed by atoms with E-state index >= 15 is 0 Å². The third-order valence-electron chi connectivity index (χ3n) is 6.80. The Labute approximate surface area is 197 Å². The molecule has 1 fully saturated rings. The zero-order chi connectivity index (χ0) is 23.1. The normalized spacial score (nSPS) is 15.2. The molecule has 0 amide bonds. The molecule has 1 aliphatic heterocycles. The molecule has 0 unspecified atom stereocenters. The summed E-state index contributed by atoms with van der Waals surface area (Å²) in [6.07, 6.45) is 9.74. The fraction of sp³-hybridized carbons (Fsp3) is 0.222. The number of hydrogen-bond donors (Lipinski definition) is 2. The van der Waals surface area contributed by atoms with Gasteiger partial charge in [0.2, 0.25) is 0 Å². The first-order valence-corrected chi connectivity index (χ1v) is 11.7. The van der Waals surface area contributed by atoms with Crippen LogP contribution in [0.5, 0.6) is 0 Å². The molecule has 0 bridgehead atoms. The van der Waals surface area contributed by atoms with Crippen molar-refractivity contribution in [3.8, 4) is 11.3 Å². The highest BCUT2D eigenvalue weighted by Crippen LogP contribution is 2.31. The summed E-state index contributed by atoms with van der Waals surface area (Å²) in [4.78, 5) is 27.1. The Morgan fingerprint density at radius 1 is 1.06 bits per heavy atom. The molecule has 7 nitrogen and oxygen atoms in total. The molecule has 6 rings (SSSR count). The summed E-state index contributed by atoms with van der Waals surface area (Å²) >= 11 is 0. The maximum Gasteiger partial charge on any atom is 0.259 e. The lowest BCUT2D eigenvalue weighted by molar-refractivity contribution is 0.255. The largest absolute Gasteiger partial charge is 0.340 e. The second kappa shape index (κ2) is 8.43. The van der Waals surface area contributed by atoms with Crippen molar-refractivity contribution in [2.24, 2.45) is 0 Å². The van der Waals surface area contributed by atoms with Crippen LogP contribution < -0.4 is 10.9 Å². The van der Waals surface area contributed by atoms with Gasteiger partial charge in [0.05, 0.1) is 11.1 Å². The smallest absolute Gasteiger partial charge is 0.259 e. The van der Waals surface area contributed by atoms with Crippen molar-refractivity contribution in [3.05, 3.63) is 89.2 Å². The summed E-state index contributed by atoms with van der Waals surface area (Å²) in [6, 6.07) is 16.4. The zero-order valence-corrected chi connectivity index (χ0v) is 19.0. The zero-order valence-electron chi connectivity index (χ0n) is 19.0. The number of pyridine rings is 3. The Morgan fingerprint density at radius 3 is 2.71 bits per heavy atom. The van der Waals surface area contributed by atoms with Crippen molar-refractivity contribution >= 4 is 27.9 Å². The molecular weight excluding hydrogens is 424 g/mol. The molecule has 0 radical (unpaired) electrons.